The average molecular weight is 513 g/mol. The highest BCUT2D eigenvalue weighted by Crippen LogP contribution is 2.45. The number of rotatable bonds is 7. The Kier molecular flexibility index (Phi) is 6.65. The number of carbonyl (C=O) groups is 2. The highest BCUT2D eigenvalue weighted by molar-refractivity contribution is 8.01. The molecule has 3 heterocycles. The Labute approximate surface area is 210 Å². The van der Waals surface area contributed by atoms with Gasteiger partial charge in [0.25, 0.3) is 0 Å². The van der Waals surface area contributed by atoms with Crippen LogP contribution in [-0.4, -0.2) is 56.4 Å². The Morgan fingerprint density at radius 1 is 1.18 bits per heavy atom. The maximum Gasteiger partial charge on any atom is 0.316 e. The monoisotopic (exact) mass is 512 g/mol. The van der Waals surface area contributed by atoms with Crippen LogP contribution in [0.5, 0.6) is 0 Å². The van der Waals surface area contributed by atoms with Crippen LogP contribution in [0.2, 0.25) is 0 Å². The largest absolute Gasteiger partial charge is 0.452 e. The molecule has 0 bridgehead atoms. The van der Waals surface area contributed by atoms with E-state index in [4.69, 9.17) is 10.5 Å². The molecule has 2 aliphatic rings. The normalized spacial score (nSPS) is 24.0. The van der Waals surface area contributed by atoms with E-state index in [0.29, 0.717) is 11.5 Å². The number of hydrogen-bond donors (Lipinski definition) is 1. The number of nitrogens with zero attached hydrogens (tertiary/aromatic N) is 3. The molecule has 0 aliphatic carbocycles. The zero-order valence-corrected chi connectivity index (χ0v) is 20.9. The molecule has 34 heavy (non-hydrogen) atoms. The second-order valence-electron chi connectivity index (χ2n) is 8.46. The number of benzene rings is 2. The van der Waals surface area contributed by atoms with Crippen LogP contribution in [0.25, 0.3) is 0 Å². The minimum absolute atomic E-state index is 0.0822. The summed E-state index contributed by atoms with van der Waals surface area (Å²) in [4.78, 5) is 28.1. The number of esters is 1. The van der Waals surface area contributed by atoms with Crippen LogP contribution in [0.3, 0.4) is 0 Å². The van der Waals surface area contributed by atoms with E-state index >= 15 is 0 Å². The predicted octanol–water partition coefficient (Wildman–Crippen LogP) is 3.50. The van der Waals surface area contributed by atoms with E-state index in [1.807, 2.05) is 67.6 Å². The summed E-state index contributed by atoms with van der Waals surface area (Å²) in [5, 5.41) is 9.06. The SMILES string of the molecule is Cc1nnc(SCC2(C(=O)OC(c3ccccc3)c3ccccc3)CS[C@@H]3C(N)C(=O)N3C2)s1. The summed E-state index contributed by atoms with van der Waals surface area (Å²) in [6.45, 7) is 2.19. The van der Waals surface area contributed by atoms with Gasteiger partial charge in [0.05, 0.1) is 0 Å². The Morgan fingerprint density at radius 2 is 1.82 bits per heavy atom. The molecule has 1 amide bonds. The Morgan fingerprint density at radius 3 is 2.41 bits per heavy atom. The van der Waals surface area contributed by atoms with Crippen molar-refractivity contribution in [2.45, 2.75) is 28.8 Å². The molecule has 0 spiro atoms. The molecule has 2 fully saturated rings. The number of fused-ring (bicyclic) bond motifs is 1. The lowest BCUT2D eigenvalue weighted by atomic mass is 9.89. The number of aromatic nitrogens is 2. The second kappa shape index (κ2) is 9.69. The third kappa shape index (κ3) is 4.47. The van der Waals surface area contributed by atoms with Crippen molar-refractivity contribution in [2.24, 2.45) is 11.1 Å². The van der Waals surface area contributed by atoms with E-state index in [1.165, 1.54) is 23.1 Å². The summed E-state index contributed by atoms with van der Waals surface area (Å²) < 4.78 is 7.06. The van der Waals surface area contributed by atoms with Crippen LogP contribution in [0.15, 0.2) is 65.0 Å². The molecule has 5 rings (SSSR count). The molecule has 2 saturated heterocycles. The van der Waals surface area contributed by atoms with Crippen molar-refractivity contribution in [1.29, 1.82) is 0 Å². The lowest BCUT2D eigenvalue weighted by Gasteiger charge is -2.53. The quantitative estimate of drug-likeness (QED) is 0.292. The summed E-state index contributed by atoms with van der Waals surface area (Å²) in [6.07, 6.45) is -0.544. The number of amides is 1. The fourth-order valence-corrected chi connectivity index (χ4v) is 7.76. The fraction of sp³-hybridized carbons (Fsp3) is 0.333. The van der Waals surface area contributed by atoms with Crippen molar-refractivity contribution >= 4 is 46.7 Å². The first kappa shape index (κ1) is 23.3. The first-order valence-electron chi connectivity index (χ1n) is 10.9. The van der Waals surface area contributed by atoms with E-state index in [0.717, 1.165) is 20.5 Å². The highest BCUT2D eigenvalue weighted by Gasteiger charge is 2.56. The Bertz CT molecular complexity index is 1140. The van der Waals surface area contributed by atoms with Crippen molar-refractivity contribution < 1.29 is 14.3 Å². The Hall–Kier alpha value is -2.40. The van der Waals surface area contributed by atoms with Crippen LogP contribution in [-0.2, 0) is 14.3 Å². The minimum Gasteiger partial charge on any atom is -0.452 e. The van der Waals surface area contributed by atoms with Gasteiger partial charge >= 0.3 is 5.97 Å². The van der Waals surface area contributed by atoms with Crippen molar-refractivity contribution in [3.05, 3.63) is 76.8 Å². The zero-order valence-electron chi connectivity index (χ0n) is 18.5. The number of aryl methyl sites for hydroxylation is 1. The van der Waals surface area contributed by atoms with Gasteiger partial charge in [0.1, 0.15) is 21.8 Å². The van der Waals surface area contributed by atoms with Gasteiger partial charge in [0.2, 0.25) is 5.91 Å². The topological polar surface area (TPSA) is 98.4 Å². The summed E-state index contributed by atoms with van der Waals surface area (Å²) >= 11 is 4.53. The molecule has 3 aromatic rings. The van der Waals surface area contributed by atoms with Gasteiger partial charge in [0.15, 0.2) is 10.4 Å². The van der Waals surface area contributed by atoms with Crippen LogP contribution in [0.1, 0.15) is 22.2 Å². The zero-order chi connectivity index (χ0) is 23.7. The molecule has 2 aliphatic heterocycles. The highest BCUT2D eigenvalue weighted by atomic mass is 32.2. The van der Waals surface area contributed by atoms with Crippen molar-refractivity contribution in [3.63, 3.8) is 0 Å². The van der Waals surface area contributed by atoms with Gasteiger partial charge in [-0.15, -0.1) is 22.0 Å². The molecule has 176 valence electrons. The van der Waals surface area contributed by atoms with Gasteiger partial charge in [-0.3, -0.25) is 9.59 Å². The molecule has 10 heteroatoms. The van der Waals surface area contributed by atoms with Crippen molar-refractivity contribution in [1.82, 2.24) is 15.1 Å². The number of thioether (sulfide) groups is 2. The number of β-lactam (4-membered cyclic amide) rings is 1. The molecule has 0 radical (unpaired) electrons. The van der Waals surface area contributed by atoms with E-state index in [1.54, 1.807) is 16.7 Å². The van der Waals surface area contributed by atoms with E-state index in [9.17, 15) is 9.59 Å². The van der Waals surface area contributed by atoms with Gasteiger partial charge in [-0.2, -0.15) is 0 Å². The summed E-state index contributed by atoms with van der Waals surface area (Å²) in [5.74, 6) is 0.525. The fourth-order valence-electron chi connectivity index (χ4n) is 4.15. The standard InChI is InChI=1S/C24H24N4O3S3/c1-15-26-27-23(34-15)33-14-24(12-28-20(29)18(25)21(28)32-13-24)22(30)31-19(16-8-4-2-5-9-16)17-10-6-3-7-11-17/h2-11,18-19,21H,12-14,25H2,1H3/t18?,21-,24?/m1/s1. The molecular weight excluding hydrogens is 488 g/mol. The van der Waals surface area contributed by atoms with Crippen molar-refractivity contribution in [3.8, 4) is 0 Å². The maximum atomic E-state index is 13.9. The first-order valence-corrected chi connectivity index (χ1v) is 13.7. The molecule has 2 aromatic carbocycles. The molecule has 0 saturated carbocycles. The number of hydrogen-bond acceptors (Lipinski definition) is 9. The molecule has 2 N–H and O–H groups in total. The maximum absolute atomic E-state index is 13.9. The smallest absolute Gasteiger partial charge is 0.316 e. The molecule has 3 atom stereocenters. The number of ether oxygens (including phenoxy) is 1. The molecule has 1 aromatic heterocycles. The van der Waals surface area contributed by atoms with Crippen LogP contribution >= 0.6 is 34.9 Å². The van der Waals surface area contributed by atoms with Gasteiger partial charge in [-0.05, 0) is 18.1 Å². The van der Waals surface area contributed by atoms with E-state index < -0.39 is 17.6 Å². The lowest BCUT2D eigenvalue weighted by Crippen LogP contribution is -2.72. The van der Waals surface area contributed by atoms with E-state index in [2.05, 4.69) is 10.2 Å². The third-order valence-electron chi connectivity index (χ3n) is 6.03. The van der Waals surface area contributed by atoms with Crippen LogP contribution < -0.4 is 5.73 Å². The molecule has 7 nitrogen and oxygen atoms in total. The first-order chi connectivity index (χ1) is 16.5. The average Bonchev–Trinajstić information content (AvgIpc) is 3.31. The Balaban J connectivity index is 1.43. The summed E-state index contributed by atoms with van der Waals surface area (Å²) in [5.41, 5.74) is 6.90. The van der Waals surface area contributed by atoms with Gasteiger partial charge in [0, 0.05) is 18.1 Å². The van der Waals surface area contributed by atoms with Crippen molar-refractivity contribution in [2.75, 3.05) is 18.1 Å². The minimum atomic E-state index is -0.886. The summed E-state index contributed by atoms with van der Waals surface area (Å²) in [6, 6.07) is 18.9. The van der Waals surface area contributed by atoms with Crippen LogP contribution in [0, 0.1) is 12.3 Å². The molecule has 2 unspecified atom stereocenters. The van der Waals surface area contributed by atoms with Crippen LogP contribution in [0.4, 0.5) is 0 Å². The van der Waals surface area contributed by atoms with E-state index in [-0.39, 0.29) is 23.8 Å². The third-order valence-corrected chi connectivity index (χ3v) is 9.90. The second-order valence-corrected chi connectivity index (χ2v) is 12.0. The predicted molar refractivity (Wildman–Crippen MR) is 135 cm³/mol. The lowest BCUT2D eigenvalue weighted by molar-refractivity contribution is -0.163. The summed E-state index contributed by atoms with van der Waals surface area (Å²) in [7, 11) is 0. The van der Waals surface area contributed by atoms with Gasteiger partial charge in [-0.25, -0.2) is 0 Å². The number of nitrogens with two attached hydrogens (primary N) is 1. The molecular formula is C24H24N4O3S3. The van der Waals surface area contributed by atoms with Gasteiger partial charge < -0.3 is 15.4 Å². The van der Waals surface area contributed by atoms with Gasteiger partial charge in [-0.1, -0.05) is 83.8 Å². The number of carbonyl (C=O) groups excluding carboxylic acids is 2.